The summed E-state index contributed by atoms with van der Waals surface area (Å²) < 4.78 is 12.3. The van der Waals surface area contributed by atoms with Crippen molar-refractivity contribution >= 4 is 16.6 Å². The Hall–Kier alpha value is -1.04. The van der Waals surface area contributed by atoms with E-state index in [9.17, 15) is 14.2 Å². The zero-order valence-corrected chi connectivity index (χ0v) is 11.7. The van der Waals surface area contributed by atoms with E-state index < -0.39 is 15.5 Å². The third kappa shape index (κ3) is 2.06. The Balaban J connectivity index is 2.03. The van der Waals surface area contributed by atoms with E-state index in [2.05, 4.69) is 0 Å². The van der Waals surface area contributed by atoms with Gasteiger partial charge in [-0.3, -0.25) is 9.00 Å². The van der Waals surface area contributed by atoms with Crippen LogP contribution in [-0.4, -0.2) is 32.9 Å². The van der Waals surface area contributed by atoms with Gasteiger partial charge in [-0.25, -0.2) is 0 Å². The summed E-state index contributed by atoms with van der Waals surface area (Å²) in [5.41, 5.74) is 1.61. The van der Waals surface area contributed by atoms with E-state index >= 15 is 0 Å². The standard InChI is InChI=1S/C14H16NO3S/c1-10-2-3-13-11(8-10)12(16)9-14(19(13)18)4-6-15(17)7-5-14/h2-3,8H,4-7,9H2,1H3/q-1. The molecule has 1 fully saturated rings. The lowest BCUT2D eigenvalue weighted by Crippen LogP contribution is -2.48. The highest BCUT2D eigenvalue weighted by atomic mass is 32.2. The highest BCUT2D eigenvalue weighted by molar-refractivity contribution is 7.86. The minimum atomic E-state index is -1.19. The highest BCUT2D eigenvalue weighted by Crippen LogP contribution is 2.41. The lowest BCUT2D eigenvalue weighted by molar-refractivity contribution is 0.0943. The van der Waals surface area contributed by atoms with Gasteiger partial charge in [-0.2, -0.15) is 0 Å². The van der Waals surface area contributed by atoms with Crippen molar-refractivity contribution in [2.24, 2.45) is 0 Å². The molecule has 0 bridgehead atoms. The van der Waals surface area contributed by atoms with Gasteiger partial charge < -0.3 is 10.3 Å². The highest BCUT2D eigenvalue weighted by Gasteiger charge is 2.45. The van der Waals surface area contributed by atoms with Gasteiger partial charge in [0.1, 0.15) is 0 Å². The molecule has 4 nitrogen and oxygen atoms in total. The Morgan fingerprint density at radius 1 is 1.32 bits per heavy atom. The van der Waals surface area contributed by atoms with Crippen molar-refractivity contribution in [2.45, 2.75) is 35.8 Å². The Bertz CT molecular complexity index is 562. The number of fused-ring (bicyclic) bond motifs is 1. The van der Waals surface area contributed by atoms with Gasteiger partial charge in [0.2, 0.25) is 0 Å². The van der Waals surface area contributed by atoms with Crippen molar-refractivity contribution in [1.82, 2.24) is 5.06 Å². The van der Waals surface area contributed by atoms with Crippen LogP contribution in [0.1, 0.15) is 35.2 Å². The van der Waals surface area contributed by atoms with E-state index in [1.165, 1.54) is 0 Å². The van der Waals surface area contributed by atoms with Gasteiger partial charge in [0.05, 0.1) is 20.4 Å². The number of carbonyl (C=O) groups excluding carboxylic acids is 1. The molecule has 5 heteroatoms. The number of benzene rings is 1. The number of nitrogens with zero attached hydrogens (tertiary/aromatic N) is 1. The normalized spacial score (nSPS) is 26.4. The minimum absolute atomic E-state index is 0.0673. The molecule has 3 rings (SSSR count). The van der Waals surface area contributed by atoms with Gasteiger partial charge in [-0.05, 0) is 45.0 Å². The van der Waals surface area contributed by atoms with Crippen LogP contribution in [0.5, 0.6) is 0 Å². The van der Waals surface area contributed by atoms with Gasteiger partial charge in [-0.1, -0.05) is 11.6 Å². The number of carbonyl (C=O) groups is 1. The lowest BCUT2D eigenvalue weighted by atomic mass is 9.88. The maximum Gasteiger partial charge on any atom is 0.165 e. The molecule has 2 heterocycles. The van der Waals surface area contributed by atoms with Crippen molar-refractivity contribution in [3.8, 4) is 0 Å². The average molecular weight is 278 g/mol. The molecule has 2 aliphatic rings. The van der Waals surface area contributed by atoms with E-state index in [1.807, 2.05) is 25.1 Å². The van der Waals surface area contributed by atoms with Crippen molar-refractivity contribution in [3.63, 3.8) is 0 Å². The predicted molar refractivity (Wildman–Crippen MR) is 73.4 cm³/mol. The lowest BCUT2D eigenvalue weighted by Gasteiger charge is -2.45. The summed E-state index contributed by atoms with van der Waals surface area (Å²) in [5.74, 6) is 0.0673. The number of hydrogen-bond donors (Lipinski definition) is 0. The summed E-state index contributed by atoms with van der Waals surface area (Å²) in [5, 5.41) is 12.3. The molecule has 0 aromatic heterocycles. The van der Waals surface area contributed by atoms with E-state index in [0.29, 0.717) is 42.8 Å². The minimum Gasteiger partial charge on any atom is -0.785 e. The first-order chi connectivity index (χ1) is 9.02. The Morgan fingerprint density at radius 2 is 2.00 bits per heavy atom. The zero-order chi connectivity index (χ0) is 13.6. The fraction of sp³-hybridized carbons (Fsp3) is 0.500. The van der Waals surface area contributed by atoms with Crippen LogP contribution < -0.4 is 0 Å². The molecule has 102 valence electrons. The van der Waals surface area contributed by atoms with Gasteiger partial charge in [0.15, 0.2) is 5.78 Å². The fourth-order valence-electron chi connectivity index (χ4n) is 2.97. The second-order valence-corrected chi connectivity index (χ2v) is 7.32. The van der Waals surface area contributed by atoms with Crippen LogP contribution in [0.25, 0.3) is 0 Å². The number of rotatable bonds is 0. The van der Waals surface area contributed by atoms with Crippen LogP contribution in [0.2, 0.25) is 0 Å². The van der Waals surface area contributed by atoms with Gasteiger partial charge in [0, 0.05) is 12.0 Å². The molecule has 2 aliphatic heterocycles. The number of aryl methyl sites for hydroxylation is 1. The Morgan fingerprint density at radius 3 is 2.68 bits per heavy atom. The summed E-state index contributed by atoms with van der Waals surface area (Å²) in [6.07, 6.45) is 1.40. The molecular formula is C14H16NO3S-. The number of piperidine rings is 1. The first kappa shape index (κ1) is 13.0. The Kier molecular flexibility index (Phi) is 3.08. The summed E-state index contributed by atoms with van der Waals surface area (Å²) in [4.78, 5) is 13.0. The summed E-state index contributed by atoms with van der Waals surface area (Å²) in [6.45, 7) is 2.68. The second kappa shape index (κ2) is 4.51. The maximum atomic E-state index is 12.8. The van der Waals surface area contributed by atoms with Gasteiger partial charge in [0.25, 0.3) is 0 Å². The molecule has 1 saturated heterocycles. The smallest absolute Gasteiger partial charge is 0.165 e. The average Bonchev–Trinajstić information content (AvgIpc) is 2.39. The fourth-order valence-corrected chi connectivity index (χ4v) is 4.81. The Labute approximate surface area is 114 Å². The number of ketones is 1. The van der Waals surface area contributed by atoms with Crippen LogP contribution in [0.3, 0.4) is 0 Å². The van der Waals surface area contributed by atoms with Crippen molar-refractivity contribution in [1.29, 1.82) is 0 Å². The molecule has 0 radical (unpaired) electrons. The summed E-state index contributed by atoms with van der Waals surface area (Å²) in [7, 11) is -1.19. The van der Waals surface area contributed by atoms with Gasteiger partial charge >= 0.3 is 0 Å². The molecule has 1 aromatic carbocycles. The van der Waals surface area contributed by atoms with Crippen molar-refractivity contribution in [3.05, 3.63) is 34.5 Å². The molecule has 1 spiro atoms. The summed E-state index contributed by atoms with van der Waals surface area (Å²) >= 11 is 0. The SMILES string of the molecule is Cc1ccc2c(c1)C(=O)CC1(CCN([O-])CC1)S2=O. The van der Waals surface area contributed by atoms with Crippen LogP contribution >= 0.6 is 0 Å². The number of Topliss-reactive ketones (excluding diaryl/α,β-unsaturated/α-hetero) is 1. The molecule has 1 unspecified atom stereocenters. The van der Waals surface area contributed by atoms with E-state index in [1.54, 1.807) is 0 Å². The monoisotopic (exact) mass is 278 g/mol. The van der Waals surface area contributed by atoms with E-state index in [4.69, 9.17) is 0 Å². The predicted octanol–water partition coefficient (Wildman–Crippen LogP) is 2.02. The third-order valence-electron chi connectivity index (χ3n) is 4.14. The van der Waals surface area contributed by atoms with Crippen LogP contribution in [-0.2, 0) is 10.8 Å². The molecule has 0 aliphatic carbocycles. The molecule has 1 aromatic rings. The zero-order valence-electron chi connectivity index (χ0n) is 10.8. The summed E-state index contributed by atoms with van der Waals surface area (Å²) in [6, 6.07) is 5.53. The number of hydrogen-bond acceptors (Lipinski definition) is 4. The first-order valence-corrected chi connectivity index (χ1v) is 7.65. The number of hydroxylamine groups is 2. The molecule has 0 N–H and O–H groups in total. The van der Waals surface area contributed by atoms with E-state index in [-0.39, 0.29) is 5.78 Å². The molecule has 0 amide bonds. The van der Waals surface area contributed by atoms with Crippen LogP contribution in [0.4, 0.5) is 0 Å². The molecule has 19 heavy (non-hydrogen) atoms. The van der Waals surface area contributed by atoms with Crippen LogP contribution in [0.15, 0.2) is 23.1 Å². The quantitative estimate of drug-likeness (QED) is 0.728. The first-order valence-electron chi connectivity index (χ1n) is 6.50. The molecule has 1 atom stereocenters. The van der Waals surface area contributed by atoms with Crippen LogP contribution in [0, 0.1) is 12.1 Å². The second-order valence-electron chi connectivity index (χ2n) is 5.48. The topological polar surface area (TPSA) is 60.4 Å². The largest absolute Gasteiger partial charge is 0.785 e. The van der Waals surface area contributed by atoms with Crippen molar-refractivity contribution in [2.75, 3.05) is 13.1 Å². The maximum absolute atomic E-state index is 12.8. The van der Waals surface area contributed by atoms with E-state index in [0.717, 1.165) is 10.6 Å². The molecule has 0 saturated carbocycles. The molecular weight excluding hydrogens is 262 g/mol. The van der Waals surface area contributed by atoms with Gasteiger partial charge in [-0.15, -0.1) is 0 Å². The third-order valence-corrected chi connectivity index (χ3v) is 6.24. The van der Waals surface area contributed by atoms with Crippen molar-refractivity contribution < 1.29 is 9.00 Å².